The molecule has 1 unspecified atom stereocenters. The van der Waals surface area contributed by atoms with Gasteiger partial charge in [-0.1, -0.05) is 12.1 Å². The molecule has 0 bridgehead atoms. The third-order valence-electron chi connectivity index (χ3n) is 3.85. The molecule has 1 aliphatic carbocycles. The highest BCUT2D eigenvalue weighted by Gasteiger charge is 2.26. The van der Waals surface area contributed by atoms with Crippen molar-refractivity contribution >= 4 is 29.5 Å². The summed E-state index contributed by atoms with van der Waals surface area (Å²) >= 11 is 1.32. The number of carbonyl (C=O) groups is 2. The Kier molecular flexibility index (Phi) is 7.50. The number of hydrogen-bond acceptors (Lipinski definition) is 5. The SMILES string of the molecule is CC(=O)NCc1ccc(NSC2CCCC=C2C(=O)OC(C)C)c(F)c1. The Morgan fingerprint density at radius 2 is 2.15 bits per heavy atom. The highest BCUT2D eigenvalue weighted by molar-refractivity contribution is 8.01. The van der Waals surface area contributed by atoms with E-state index in [1.807, 2.05) is 19.9 Å². The van der Waals surface area contributed by atoms with Crippen LogP contribution in [0.2, 0.25) is 0 Å². The van der Waals surface area contributed by atoms with Crippen molar-refractivity contribution in [3.8, 4) is 0 Å². The van der Waals surface area contributed by atoms with Crippen LogP contribution in [0.1, 0.15) is 45.6 Å². The molecule has 1 atom stereocenters. The van der Waals surface area contributed by atoms with Gasteiger partial charge in [-0.2, -0.15) is 0 Å². The largest absolute Gasteiger partial charge is 0.460 e. The fourth-order valence-electron chi connectivity index (χ4n) is 2.58. The van der Waals surface area contributed by atoms with E-state index >= 15 is 0 Å². The third kappa shape index (κ3) is 6.05. The summed E-state index contributed by atoms with van der Waals surface area (Å²) in [5.74, 6) is -0.857. The Labute approximate surface area is 157 Å². The Morgan fingerprint density at radius 1 is 1.38 bits per heavy atom. The van der Waals surface area contributed by atoms with Crippen molar-refractivity contribution in [2.75, 3.05) is 4.72 Å². The number of hydrogen-bond donors (Lipinski definition) is 2. The van der Waals surface area contributed by atoms with Gasteiger partial charge in [0.1, 0.15) is 5.82 Å². The van der Waals surface area contributed by atoms with Crippen LogP contribution in [0.4, 0.5) is 10.1 Å². The second-order valence-corrected chi connectivity index (χ2v) is 7.49. The topological polar surface area (TPSA) is 67.4 Å². The van der Waals surface area contributed by atoms with Gasteiger partial charge in [0, 0.05) is 19.0 Å². The van der Waals surface area contributed by atoms with Gasteiger partial charge in [0.15, 0.2) is 0 Å². The number of anilines is 1. The molecule has 0 spiro atoms. The van der Waals surface area contributed by atoms with E-state index in [2.05, 4.69) is 10.0 Å². The Morgan fingerprint density at radius 3 is 2.81 bits per heavy atom. The molecule has 2 N–H and O–H groups in total. The van der Waals surface area contributed by atoms with Crippen LogP contribution in [-0.4, -0.2) is 23.2 Å². The lowest BCUT2D eigenvalue weighted by Gasteiger charge is -2.23. The number of halogens is 1. The monoisotopic (exact) mass is 380 g/mol. The zero-order chi connectivity index (χ0) is 19.1. The summed E-state index contributed by atoms with van der Waals surface area (Å²) in [4.78, 5) is 23.2. The maximum absolute atomic E-state index is 14.3. The van der Waals surface area contributed by atoms with Crippen LogP contribution in [0, 0.1) is 5.82 Å². The van der Waals surface area contributed by atoms with Gasteiger partial charge in [0.05, 0.1) is 17.0 Å². The van der Waals surface area contributed by atoms with Crippen LogP contribution in [0.3, 0.4) is 0 Å². The van der Waals surface area contributed by atoms with Gasteiger partial charge in [0.2, 0.25) is 5.91 Å². The molecule has 5 nitrogen and oxygen atoms in total. The second-order valence-electron chi connectivity index (χ2n) is 6.48. The van der Waals surface area contributed by atoms with E-state index in [1.165, 1.54) is 24.9 Å². The average molecular weight is 380 g/mol. The first-order chi connectivity index (χ1) is 12.4. The maximum Gasteiger partial charge on any atom is 0.335 e. The first-order valence-electron chi connectivity index (χ1n) is 8.72. The average Bonchev–Trinajstić information content (AvgIpc) is 2.58. The Hall–Kier alpha value is -2.02. The lowest BCUT2D eigenvalue weighted by Crippen LogP contribution is -2.24. The zero-order valence-corrected chi connectivity index (χ0v) is 16.1. The van der Waals surface area contributed by atoms with Crippen LogP contribution < -0.4 is 10.0 Å². The van der Waals surface area contributed by atoms with E-state index in [0.717, 1.165) is 19.3 Å². The van der Waals surface area contributed by atoms with E-state index in [0.29, 0.717) is 16.8 Å². The summed E-state index contributed by atoms with van der Waals surface area (Å²) < 4.78 is 22.6. The number of rotatable bonds is 7. The van der Waals surface area contributed by atoms with Gasteiger partial charge in [-0.15, -0.1) is 0 Å². The van der Waals surface area contributed by atoms with Crippen LogP contribution in [0.15, 0.2) is 29.8 Å². The molecule has 1 amide bonds. The molecule has 0 heterocycles. The number of nitrogens with one attached hydrogen (secondary N) is 2. The molecule has 0 radical (unpaired) electrons. The zero-order valence-electron chi connectivity index (χ0n) is 15.3. The van der Waals surface area contributed by atoms with Gasteiger partial charge in [0.25, 0.3) is 0 Å². The normalized spacial score (nSPS) is 16.8. The minimum atomic E-state index is -0.397. The van der Waals surface area contributed by atoms with Crippen molar-refractivity contribution in [3.63, 3.8) is 0 Å². The summed E-state index contributed by atoms with van der Waals surface area (Å²) in [6.07, 6.45) is 4.42. The molecular formula is C19H25FN2O3S. The van der Waals surface area contributed by atoms with Crippen molar-refractivity contribution in [2.45, 2.75) is 57.9 Å². The van der Waals surface area contributed by atoms with Crippen molar-refractivity contribution < 1.29 is 18.7 Å². The predicted molar refractivity (Wildman–Crippen MR) is 102 cm³/mol. The molecule has 7 heteroatoms. The van der Waals surface area contributed by atoms with E-state index in [1.54, 1.807) is 12.1 Å². The highest BCUT2D eigenvalue weighted by Crippen LogP contribution is 2.32. The first-order valence-corrected chi connectivity index (χ1v) is 9.60. The van der Waals surface area contributed by atoms with E-state index in [4.69, 9.17) is 4.74 Å². The molecule has 0 aromatic heterocycles. The fraction of sp³-hybridized carbons (Fsp3) is 0.474. The summed E-state index contributed by atoms with van der Waals surface area (Å²) in [7, 11) is 0. The van der Waals surface area contributed by atoms with E-state index in [-0.39, 0.29) is 29.8 Å². The quantitative estimate of drug-likeness (QED) is 0.554. The Balaban J connectivity index is 1.98. The molecular weight excluding hydrogens is 355 g/mol. The van der Waals surface area contributed by atoms with Crippen LogP contribution >= 0.6 is 11.9 Å². The highest BCUT2D eigenvalue weighted by atomic mass is 32.2. The molecule has 0 saturated carbocycles. The minimum Gasteiger partial charge on any atom is -0.460 e. The molecule has 1 aromatic carbocycles. The number of esters is 1. The van der Waals surface area contributed by atoms with Crippen molar-refractivity contribution in [2.24, 2.45) is 0 Å². The van der Waals surface area contributed by atoms with Gasteiger partial charge in [-0.3, -0.25) is 4.79 Å². The van der Waals surface area contributed by atoms with Crippen molar-refractivity contribution in [3.05, 3.63) is 41.2 Å². The van der Waals surface area contributed by atoms with Crippen molar-refractivity contribution in [1.29, 1.82) is 0 Å². The summed E-state index contributed by atoms with van der Waals surface area (Å²) in [5, 5.41) is 2.56. The lowest BCUT2D eigenvalue weighted by atomic mass is 9.99. The van der Waals surface area contributed by atoms with Crippen molar-refractivity contribution in [1.82, 2.24) is 5.32 Å². The lowest BCUT2D eigenvalue weighted by molar-refractivity contribution is -0.142. The van der Waals surface area contributed by atoms with Gasteiger partial charge < -0.3 is 14.8 Å². The second kappa shape index (κ2) is 9.62. The van der Waals surface area contributed by atoms with Crippen LogP contribution in [0.5, 0.6) is 0 Å². The number of amides is 1. The van der Waals surface area contributed by atoms with Crippen LogP contribution in [-0.2, 0) is 20.9 Å². The van der Waals surface area contributed by atoms with Gasteiger partial charge >= 0.3 is 5.97 Å². The molecule has 0 saturated heterocycles. The number of benzene rings is 1. The Bertz CT molecular complexity index is 691. The number of ether oxygens (including phenoxy) is 1. The molecule has 0 fully saturated rings. The van der Waals surface area contributed by atoms with Gasteiger partial charge in [-0.05, 0) is 62.8 Å². The van der Waals surface area contributed by atoms with E-state index in [9.17, 15) is 14.0 Å². The molecule has 0 aliphatic heterocycles. The molecule has 1 aromatic rings. The maximum atomic E-state index is 14.3. The predicted octanol–water partition coefficient (Wildman–Crippen LogP) is 3.95. The molecule has 1 aliphatic rings. The minimum absolute atomic E-state index is 0.0755. The van der Waals surface area contributed by atoms with Gasteiger partial charge in [-0.25, -0.2) is 9.18 Å². The van der Waals surface area contributed by atoms with Crippen LogP contribution in [0.25, 0.3) is 0 Å². The van der Waals surface area contributed by atoms with E-state index < -0.39 is 5.82 Å². The fourth-order valence-corrected chi connectivity index (χ4v) is 3.62. The smallest absolute Gasteiger partial charge is 0.335 e. The third-order valence-corrected chi connectivity index (χ3v) is 4.96. The number of allylic oxidation sites excluding steroid dienone is 1. The standard InChI is InChI=1S/C19H25FN2O3S/c1-12(2)25-19(24)15-6-4-5-7-18(15)26-22-17-9-8-14(10-16(17)20)11-21-13(3)23/h6,8-10,12,18,22H,4-5,7,11H2,1-3H3,(H,21,23). The molecule has 26 heavy (non-hydrogen) atoms. The molecule has 2 rings (SSSR count). The summed E-state index contributed by atoms with van der Waals surface area (Å²) in [6, 6.07) is 4.79. The first kappa shape index (κ1) is 20.3. The summed E-state index contributed by atoms with van der Waals surface area (Å²) in [6.45, 7) is 5.35. The number of carbonyl (C=O) groups excluding carboxylic acids is 2. The summed E-state index contributed by atoms with van der Waals surface area (Å²) in [5.41, 5.74) is 1.68. The molecule has 142 valence electrons.